The molecule has 0 aliphatic carbocycles. The first-order chi connectivity index (χ1) is 7.66. The number of carbonyl (C=O) groups excluding carboxylic acids is 1. The lowest BCUT2D eigenvalue weighted by atomic mass is 10.2. The Kier molecular flexibility index (Phi) is 4.11. The summed E-state index contributed by atoms with van der Waals surface area (Å²) < 4.78 is 10.2. The summed E-state index contributed by atoms with van der Waals surface area (Å²) in [6, 6.07) is 5.73. The van der Waals surface area contributed by atoms with Gasteiger partial charge in [-0.1, -0.05) is 25.5 Å². The van der Waals surface area contributed by atoms with Crippen molar-refractivity contribution in [1.82, 2.24) is 0 Å². The molecule has 0 spiro atoms. The smallest absolute Gasteiger partial charge is 0.308 e. The standard InChI is InChI=1S/C11H10O3.C2H6/c1-7-3-4-10-9(5-7)11(6-13-10)14-8(2)12;1-2/h3-6H,1-2H3;1-2H3. The van der Waals surface area contributed by atoms with Crippen LogP contribution in [-0.4, -0.2) is 5.97 Å². The number of aryl methyl sites for hydroxylation is 1. The van der Waals surface area contributed by atoms with E-state index in [0.29, 0.717) is 5.75 Å². The molecule has 2 aromatic rings. The Morgan fingerprint density at radius 1 is 1.31 bits per heavy atom. The van der Waals surface area contributed by atoms with Gasteiger partial charge >= 0.3 is 5.97 Å². The van der Waals surface area contributed by atoms with Gasteiger partial charge in [0.15, 0.2) is 5.75 Å². The highest BCUT2D eigenvalue weighted by Crippen LogP contribution is 2.28. The lowest BCUT2D eigenvalue weighted by Crippen LogP contribution is -2.00. The first-order valence-corrected chi connectivity index (χ1v) is 5.33. The fraction of sp³-hybridized carbons (Fsp3) is 0.308. The average molecular weight is 220 g/mol. The van der Waals surface area contributed by atoms with Crippen molar-refractivity contribution in [2.75, 3.05) is 0 Å². The van der Waals surface area contributed by atoms with Crippen molar-refractivity contribution in [3.05, 3.63) is 30.0 Å². The molecular weight excluding hydrogens is 204 g/mol. The Bertz CT molecular complexity index is 483. The maximum atomic E-state index is 10.8. The molecule has 3 heteroatoms. The minimum Gasteiger partial charge on any atom is -0.460 e. The Hall–Kier alpha value is -1.77. The highest BCUT2D eigenvalue weighted by atomic mass is 16.5. The topological polar surface area (TPSA) is 39.4 Å². The average Bonchev–Trinajstić information content (AvgIpc) is 2.63. The minimum absolute atomic E-state index is 0.339. The number of ether oxygens (including phenoxy) is 1. The molecule has 2 rings (SSSR count). The lowest BCUT2D eigenvalue weighted by Gasteiger charge is -1.97. The van der Waals surface area contributed by atoms with Crippen LogP contribution < -0.4 is 4.74 Å². The van der Waals surface area contributed by atoms with Gasteiger partial charge < -0.3 is 9.15 Å². The van der Waals surface area contributed by atoms with E-state index in [-0.39, 0.29) is 5.97 Å². The van der Waals surface area contributed by atoms with Crippen LogP contribution in [0.1, 0.15) is 26.3 Å². The maximum absolute atomic E-state index is 10.8. The van der Waals surface area contributed by atoms with Gasteiger partial charge in [0.1, 0.15) is 11.8 Å². The molecule has 0 N–H and O–H groups in total. The van der Waals surface area contributed by atoms with Gasteiger partial charge in [0.25, 0.3) is 0 Å². The van der Waals surface area contributed by atoms with E-state index in [2.05, 4.69) is 0 Å². The molecule has 0 fully saturated rings. The van der Waals surface area contributed by atoms with E-state index in [1.165, 1.54) is 13.2 Å². The van der Waals surface area contributed by atoms with Crippen LogP contribution in [0.25, 0.3) is 11.0 Å². The fourth-order valence-electron chi connectivity index (χ4n) is 1.35. The Morgan fingerprint density at radius 3 is 2.62 bits per heavy atom. The minimum atomic E-state index is -0.339. The van der Waals surface area contributed by atoms with E-state index < -0.39 is 0 Å². The van der Waals surface area contributed by atoms with E-state index in [4.69, 9.17) is 9.15 Å². The molecule has 0 atom stereocenters. The summed E-state index contributed by atoms with van der Waals surface area (Å²) in [6.45, 7) is 7.35. The highest BCUT2D eigenvalue weighted by Gasteiger charge is 2.08. The highest BCUT2D eigenvalue weighted by molar-refractivity contribution is 5.87. The van der Waals surface area contributed by atoms with E-state index >= 15 is 0 Å². The van der Waals surface area contributed by atoms with E-state index in [9.17, 15) is 4.79 Å². The van der Waals surface area contributed by atoms with Crippen LogP contribution in [0.3, 0.4) is 0 Å². The molecule has 1 aromatic carbocycles. The SMILES string of the molecule is CC.CC(=O)Oc1coc2ccc(C)cc12. The van der Waals surface area contributed by atoms with Gasteiger partial charge in [-0.15, -0.1) is 0 Å². The normalized spacial score (nSPS) is 9.50. The number of benzene rings is 1. The van der Waals surface area contributed by atoms with E-state index in [1.54, 1.807) is 0 Å². The summed E-state index contributed by atoms with van der Waals surface area (Å²) in [5.41, 5.74) is 1.83. The molecule has 0 unspecified atom stereocenters. The molecule has 0 radical (unpaired) electrons. The fourth-order valence-corrected chi connectivity index (χ4v) is 1.35. The zero-order valence-electron chi connectivity index (χ0n) is 10.0. The summed E-state index contributed by atoms with van der Waals surface area (Å²) >= 11 is 0. The molecule has 1 aromatic heterocycles. The molecule has 0 saturated heterocycles. The van der Waals surface area contributed by atoms with Gasteiger partial charge in [-0.3, -0.25) is 4.79 Å². The quantitative estimate of drug-likeness (QED) is 0.688. The van der Waals surface area contributed by atoms with E-state index in [0.717, 1.165) is 16.5 Å². The Labute approximate surface area is 95.0 Å². The van der Waals surface area contributed by atoms with Gasteiger partial charge in [0.2, 0.25) is 0 Å². The third-order valence-corrected chi connectivity index (χ3v) is 1.95. The Balaban J connectivity index is 0.000000606. The van der Waals surface area contributed by atoms with Crippen LogP contribution in [0.5, 0.6) is 5.75 Å². The largest absolute Gasteiger partial charge is 0.460 e. The number of hydrogen-bond donors (Lipinski definition) is 0. The second kappa shape index (κ2) is 5.35. The summed E-state index contributed by atoms with van der Waals surface area (Å²) in [6.07, 6.45) is 1.45. The van der Waals surface area contributed by atoms with Crippen molar-refractivity contribution >= 4 is 16.9 Å². The third kappa shape index (κ3) is 2.63. The van der Waals surface area contributed by atoms with Crippen LogP contribution in [0.4, 0.5) is 0 Å². The van der Waals surface area contributed by atoms with Gasteiger partial charge in [0, 0.05) is 6.92 Å². The molecule has 1 heterocycles. The molecule has 16 heavy (non-hydrogen) atoms. The molecule has 0 aliphatic rings. The first kappa shape index (κ1) is 12.3. The molecule has 0 bridgehead atoms. The third-order valence-electron chi connectivity index (χ3n) is 1.95. The molecule has 0 aliphatic heterocycles. The predicted octanol–water partition coefficient (Wildman–Crippen LogP) is 3.69. The van der Waals surface area contributed by atoms with Crippen molar-refractivity contribution < 1.29 is 13.9 Å². The van der Waals surface area contributed by atoms with Crippen molar-refractivity contribution in [3.8, 4) is 5.75 Å². The van der Waals surface area contributed by atoms with Gasteiger partial charge in [-0.25, -0.2) is 0 Å². The summed E-state index contributed by atoms with van der Waals surface area (Å²) in [5.74, 6) is 0.144. The number of carbonyl (C=O) groups is 1. The number of rotatable bonds is 1. The molecular formula is C13H16O3. The molecule has 0 saturated carbocycles. The van der Waals surface area contributed by atoms with Gasteiger partial charge in [0.05, 0.1) is 5.39 Å². The van der Waals surface area contributed by atoms with Crippen LogP contribution in [-0.2, 0) is 4.79 Å². The maximum Gasteiger partial charge on any atom is 0.308 e. The predicted molar refractivity (Wildman–Crippen MR) is 63.6 cm³/mol. The Morgan fingerprint density at radius 2 is 2.00 bits per heavy atom. The molecule has 0 amide bonds. The van der Waals surface area contributed by atoms with Crippen LogP contribution in [0.2, 0.25) is 0 Å². The van der Waals surface area contributed by atoms with Crippen LogP contribution in [0, 0.1) is 6.92 Å². The van der Waals surface area contributed by atoms with Crippen molar-refractivity contribution in [2.45, 2.75) is 27.7 Å². The molecule has 3 nitrogen and oxygen atoms in total. The number of fused-ring (bicyclic) bond motifs is 1. The van der Waals surface area contributed by atoms with Gasteiger partial charge in [-0.05, 0) is 19.1 Å². The monoisotopic (exact) mass is 220 g/mol. The van der Waals surface area contributed by atoms with Crippen LogP contribution >= 0.6 is 0 Å². The molecule has 86 valence electrons. The van der Waals surface area contributed by atoms with Crippen molar-refractivity contribution in [2.24, 2.45) is 0 Å². The summed E-state index contributed by atoms with van der Waals surface area (Å²) in [5, 5.41) is 0.834. The second-order valence-electron chi connectivity index (χ2n) is 3.19. The van der Waals surface area contributed by atoms with E-state index in [1.807, 2.05) is 39.0 Å². The van der Waals surface area contributed by atoms with Crippen LogP contribution in [0.15, 0.2) is 28.9 Å². The number of hydrogen-bond acceptors (Lipinski definition) is 3. The first-order valence-electron chi connectivity index (χ1n) is 5.33. The second-order valence-corrected chi connectivity index (χ2v) is 3.19. The number of esters is 1. The zero-order chi connectivity index (χ0) is 12.1. The van der Waals surface area contributed by atoms with Gasteiger partial charge in [-0.2, -0.15) is 0 Å². The van der Waals surface area contributed by atoms with Crippen molar-refractivity contribution in [3.63, 3.8) is 0 Å². The lowest BCUT2D eigenvalue weighted by molar-refractivity contribution is -0.131. The number of furan rings is 1. The van der Waals surface area contributed by atoms with Crippen molar-refractivity contribution in [1.29, 1.82) is 0 Å². The summed E-state index contributed by atoms with van der Waals surface area (Å²) in [4.78, 5) is 10.8. The summed E-state index contributed by atoms with van der Waals surface area (Å²) in [7, 11) is 0. The zero-order valence-corrected chi connectivity index (χ0v) is 10.0.